The maximum Gasteiger partial charge on any atom is 0.328 e. The van der Waals surface area contributed by atoms with E-state index in [1.54, 1.807) is 6.07 Å². The fourth-order valence-corrected chi connectivity index (χ4v) is 1.87. The number of aliphatic carboxylic acids is 1. The Morgan fingerprint density at radius 2 is 1.90 bits per heavy atom. The molecule has 0 bridgehead atoms. The summed E-state index contributed by atoms with van der Waals surface area (Å²) in [5.74, 6) is -1.09. The fourth-order valence-electron chi connectivity index (χ4n) is 1.87. The van der Waals surface area contributed by atoms with Gasteiger partial charge in [-0.15, -0.1) is 0 Å². The van der Waals surface area contributed by atoms with Crippen LogP contribution in [0.2, 0.25) is 0 Å². The molecule has 1 heterocycles. The predicted molar refractivity (Wildman–Crippen MR) is 75.7 cm³/mol. The minimum Gasteiger partial charge on any atom is -0.480 e. The summed E-state index contributed by atoms with van der Waals surface area (Å²) >= 11 is 0. The minimum atomic E-state index is -1.09. The molecule has 0 saturated carbocycles. The van der Waals surface area contributed by atoms with Gasteiger partial charge in [0.2, 0.25) is 0 Å². The average Bonchev–Trinajstić information content (AvgIpc) is 2.47. The maximum absolute atomic E-state index is 11.7. The molecule has 0 spiro atoms. The molecule has 0 aliphatic heterocycles. The third-order valence-electron chi connectivity index (χ3n) is 3.21. The number of hydrogen-bond donors (Lipinski definition) is 1. The molecular formula is C15H16N2O3. The van der Waals surface area contributed by atoms with E-state index in [9.17, 15) is 9.59 Å². The molecular weight excluding hydrogens is 256 g/mol. The van der Waals surface area contributed by atoms with E-state index in [0.29, 0.717) is 5.69 Å². The molecule has 0 fully saturated rings. The molecule has 2 aromatic rings. The van der Waals surface area contributed by atoms with Gasteiger partial charge in [0.1, 0.15) is 0 Å². The van der Waals surface area contributed by atoms with Gasteiger partial charge in [0, 0.05) is 11.6 Å². The molecule has 1 N–H and O–H groups in total. The number of carboxylic acids is 1. The maximum atomic E-state index is 11.7. The Labute approximate surface area is 116 Å². The Morgan fingerprint density at radius 3 is 2.45 bits per heavy atom. The first-order chi connectivity index (χ1) is 9.52. The van der Waals surface area contributed by atoms with Gasteiger partial charge in [0.05, 0.1) is 5.69 Å². The van der Waals surface area contributed by atoms with Crippen LogP contribution in [0.5, 0.6) is 0 Å². The largest absolute Gasteiger partial charge is 0.480 e. The monoisotopic (exact) mass is 272 g/mol. The Kier molecular flexibility index (Phi) is 3.98. The summed E-state index contributed by atoms with van der Waals surface area (Å²) in [6, 6.07) is 9.78. The minimum absolute atomic E-state index is 0.422. The van der Waals surface area contributed by atoms with Crippen molar-refractivity contribution in [1.29, 1.82) is 0 Å². The van der Waals surface area contributed by atoms with Crippen LogP contribution < -0.4 is 5.56 Å². The summed E-state index contributed by atoms with van der Waals surface area (Å²) in [6.45, 7) is 3.50. The van der Waals surface area contributed by atoms with Gasteiger partial charge in [-0.1, -0.05) is 31.2 Å². The Morgan fingerprint density at radius 1 is 1.25 bits per heavy atom. The summed E-state index contributed by atoms with van der Waals surface area (Å²) < 4.78 is 0.991. The van der Waals surface area contributed by atoms with Gasteiger partial charge < -0.3 is 5.11 Å². The van der Waals surface area contributed by atoms with Crippen molar-refractivity contribution in [3.8, 4) is 11.3 Å². The van der Waals surface area contributed by atoms with Gasteiger partial charge >= 0.3 is 5.97 Å². The van der Waals surface area contributed by atoms with Crippen molar-refractivity contribution in [1.82, 2.24) is 9.78 Å². The number of carbonyl (C=O) groups is 1. The van der Waals surface area contributed by atoms with Gasteiger partial charge in [-0.3, -0.25) is 4.79 Å². The number of rotatable bonds is 4. The number of nitrogens with zero attached hydrogens (tertiary/aromatic N) is 2. The summed E-state index contributed by atoms with van der Waals surface area (Å²) in [4.78, 5) is 22.7. The highest BCUT2D eigenvalue weighted by Crippen LogP contribution is 2.17. The summed E-state index contributed by atoms with van der Waals surface area (Å²) in [6.07, 6.45) is 0.948. The highest BCUT2D eigenvalue weighted by molar-refractivity contribution is 5.71. The lowest BCUT2D eigenvalue weighted by Gasteiger charge is -2.10. The van der Waals surface area contributed by atoms with Crippen LogP contribution in [0.15, 0.2) is 41.2 Å². The highest BCUT2D eigenvalue weighted by atomic mass is 16.4. The third-order valence-corrected chi connectivity index (χ3v) is 3.21. The molecule has 0 radical (unpaired) electrons. The van der Waals surface area contributed by atoms with Crippen molar-refractivity contribution in [2.75, 3.05) is 0 Å². The van der Waals surface area contributed by atoms with E-state index in [-0.39, 0.29) is 0 Å². The summed E-state index contributed by atoms with van der Waals surface area (Å²) in [5.41, 5.74) is 2.23. The summed E-state index contributed by atoms with van der Waals surface area (Å²) in [5, 5.41) is 13.1. The standard InChI is InChI=1S/C15H16N2O3/c1-3-11-4-6-12(7-5-11)13-8-9-14(18)17(16-13)10(2)15(19)20/h4-10H,3H2,1-2H3,(H,19,20). The zero-order valence-electron chi connectivity index (χ0n) is 11.4. The molecule has 0 amide bonds. The number of carboxylic acid groups (broad SMARTS) is 1. The second-order valence-electron chi connectivity index (χ2n) is 4.57. The molecule has 0 aliphatic carbocycles. The van der Waals surface area contributed by atoms with Crippen LogP contribution in [0, 0.1) is 0 Å². The van der Waals surface area contributed by atoms with Crippen molar-refractivity contribution >= 4 is 5.97 Å². The smallest absolute Gasteiger partial charge is 0.328 e. The predicted octanol–water partition coefficient (Wildman–Crippen LogP) is 2.12. The molecule has 0 saturated heterocycles. The number of aryl methyl sites for hydroxylation is 1. The van der Waals surface area contributed by atoms with Crippen molar-refractivity contribution in [2.24, 2.45) is 0 Å². The lowest BCUT2D eigenvalue weighted by Crippen LogP contribution is -2.29. The van der Waals surface area contributed by atoms with Gasteiger partial charge in [0.25, 0.3) is 5.56 Å². The molecule has 1 atom stereocenters. The van der Waals surface area contributed by atoms with Crippen LogP contribution in [0.1, 0.15) is 25.5 Å². The molecule has 0 aliphatic rings. The average molecular weight is 272 g/mol. The van der Waals surface area contributed by atoms with Crippen LogP contribution in [-0.2, 0) is 11.2 Å². The van der Waals surface area contributed by atoms with E-state index in [2.05, 4.69) is 12.0 Å². The van der Waals surface area contributed by atoms with Gasteiger partial charge in [-0.2, -0.15) is 5.10 Å². The number of hydrogen-bond acceptors (Lipinski definition) is 3. The second-order valence-corrected chi connectivity index (χ2v) is 4.57. The number of aromatic nitrogens is 2. The van der Waals surface area contributed by atoms with E-state index < -0.39 is 17.6 Å². The van der Waals surface area contributed by atoms with Crippen LogP contribution >= 0.6 is 0 Å². The van der Waals surface area contributed by atoms with Gasteiger partial charge in [0.15, 0.2) is 6.04 Å². The van der Waals surface area contributed by atoms with Crippen LogP contribution in [0.4, 0.5) is 0 Å². The van der Waals surface area contributed by atoms with Crippen molar-refractivity contribution in [3.05, 3.63) is 52.3 Å². The highest BCUT2D eigenvalue weighted by Gasteiger charge is 2.16. The van der Waals surface area contributed by atoms with E-state index >= 15 is 0 Å². The van der Waals surface area contributed by atoms with Gasteiger partial charge in [-0.25, -0.2) is 9.48 Å². The Bertz CT molecular complexity index is 674. The van der Waals surface area contributed by atoms with E-state index in [0.717, 1.165) is 16.7 Å². The Balaban J connectivity index is 2.45. The first-order valence-electron chi connectivity index (χ1n) is 6.45. The molecule has 1 aromatic heterocycles. The molecule has 20 heavy (non-hydrogen) atoms. The Hall–Kier alpha value is -2.43. The molecule has 5 nitrogen and oxygen atoms in total. The molecule has 2 rings (SSSR count). The first kappa shape index (κ1) is 14.0. The van der Waals surface area contributed by atoms with E-state index in [4.69, 9.17) is 5.11 Å². The topological polar surface area (TPSA) is 72.2 Å². The lowest BCUT2D eigenvalue weighted by molar-refractivity contribution is -0.140. The fraction of sp³-hybridized carbons (Fsp3) is 0.267. The molecule has 5 heteroatoms. The lowest BCUT2D eigenvalue weighted by atomic mass is 10.1. The summed E-state index contributed by atoms with van der Waals surface area (Å²) in [7, 11) is 0. The van der Waals surface area contributed by atoms with Crippen molar-refractivity contribution < 1.29 is 9.90 Å². The molecule has 1 unspecified atom stereocenters. The molecule has 1 aromatic carbocycles. The van der Waals surface area contributed by atoms with Crippen LogP contribution in [-0.4, -0.2) is 20.9 Å². The first-order valence-corrected chi connectivity index (χ1v) is 6.45. The normalized spacial score (nSPS) is 12.1. The van der Waals surface area contributed by atoms with Crippen LogP contribution in [0.3, 0.4) is 0 Å². The van der Waals surface area contributed by atoms with Crippen molar-refractivity contribution in [2.45, 2.75) is 26.3 Å². The van der Waals surface area contributed by atoms with Crippen LogP contribution in [0.25, 0.3) is 11.3 Å². The zero-order chi connectivity index (χ0) is 14.7. The van der Waals surface area contributed by atoms with Gasteiger partial charge in [-0.05, 0) is 25.0 Å². The SMILES string of the molecule is CCc1ccc(-c2ccc(=O)n(C(C)C(=O)O)n2)cc1. The van der Waals surface area contributed by atoms with E-state index in [1.165, 1.54) is 18.6 Å². The number of benzene rings is 1. The quantitative estimate of drug-likeness (QED) is 0.925. The van der Waals surface area contributed by atoms with E-state index in [1.807, 2.05) is 24.3 Å². The molecule has 104 valence electrons. The third kappa shape index (κ3) is 2.77. The second kappa shape index (κ2) is 5.69. The van der Waals surface area contributed by atoms with Crippen molar-refractivity contribution in [3.63, 3.8) is 0 Å². The zero-order valence-corrected chi connectivity index (χ0v) is 11.4.